The predicted octanol–water partition coefficient (Wildman–Crippen LogP) is 4.25. The summed E-state index contributed by atoms with van der Waals surface area (Å²) < 4.78 is 14.1. The van der Waals surface area contributed by atoms with E-state index in [0.29, 0.717) is 30.9 Å². The van der Waals surface area contributed by atoms with Gasteiger partial charge in [-0.1, -0.05) is 13.0 Å². The molecule has 0 saturated carbocycles. The average Bonchev–Trinajstić information content (AvgIpc) is 3.42. The second-order valence-electron chi connectivity index (χ2n) is 8.98. The molecular weight excluding hydrogens is 437 g/mol. The number of hydrogen-bond acceptors (Lipinski definition) is 5. The van der Waals surface area contributed by atoms with Gasteiger partial charge >= 0.3 is 5.97 Å². The second kappa shape index (κ2) is 8.25. The highest BCUT2D eigenvalue weighted by atomic mass is 19.1. The van der Waals surface area contributed by atoms with Crippen molar-refractivity contribution in [1.82, 2.24) is 25.1 Å². The molecule has 0 saturated heterocycles. The van der Waals surface area contributed by atoms with Crippen molar-refractivity contribution < 1.29 is 19.4 Å². The summed E-state index contributed by atoms with van der Waals surface area (Å²) in [4.78, 5) is 21.8. The summed E-state index contributed by atoms with van der Waals surface area (Å²) in [5.74, 6) is -1.27. The number of benzene rings is 2. The smallest absolute Gasteiger partial charge is 0.321 e. The molecule has 1 atom stereocenters. The van der Waals surface area contributed by atoms with Crippen molar-refractivity contribution >= 4 is 16.9 Å². The van der Waals surface area contributed by atoms with Gasteiger partial charge in [0, 0.05) is 24.4 Å². The molecule has 34 heavy (non-hydrogen) atoms. The predicted molar refractivity (Wildman–Crippen MR) is 126 cm³/mol. The molecule has 0 radical (unpaired) electrons. The van der Waals surface area contributed by atoms with E-state index in [4.69, 9.17) is 4.98 Å². The van der Waals surface area contributed by atoms with Crippen molar-refractivity contribution in [1.29, 1.82) is 0 Å². The largest absolute Gasteiger partial charge is 0.505 e. The lowest BCUT2D eigenvalue weighted by atomic mass is 9.96. The van der Waals surface area contributed by atoms with Crippen LogP contribution < -0.4 is 0 Å². The third-order valence-electron chi connectivity index (χ3n) is 6.59. The minimum absolute atomic E-state index is 0.0865. The SMILES string of the molecule is CCc1cc(O)c(F)cc1-c1ccc2c(-c3nc4c([nH]3)CN(C(C)C)[C@H](C(=O)O)C4)n[nH]c2c1. The Bertz CT molecular complexity index is 1410. The van der Waals surface area contributed by atoms with Gasteiger partial charge in [-0.15, -0.1) is 0 Å². The van der Waals surface area contributed by atoms with Crippen LogP contribution in [0.2, 0.25) is 0 Å². The highest BCUT2D eigenvalue weighted by molar-refractivity contribution is 5.94. The molecule has 8 nitrogen and oxygen atoms in total. The van der Waals surface area contributed by atoms with E-state index in [1.807, 2.05) is 43.9 Å². The Morgan fingerprint density at radius 1 is 1.29 bits per heavy atom. The molecule has 4 aromatic rings. The van der Waals surface area contributed by atoms with E-state index in [1.165, 1.54) is 12.1 Å². The summed E-state index contributed by atoms with van der Waals surface area (Å²) in [7, 11) is 0. The number of carboxylic acid groups (broad SMARTS) is 1. The monoisotopic (exact) mass is 463 g/mol. The molecule has 2 aromatic heterocycles. The highest BCUT2D eigenvalue weighted by Gasteiger charge is 2.35. The van der Waals surface area contributed by atoms with Crippen LogP contribution in [0.1, 0.15) is 37.7 Å². The van der Waals surface area contributed by atoms with Gasteiger partial charge in [-0.2, -0.15) is 5.10 Å². The Hall–Kier alpha value is -3.72. The maximum Gasteiger partial charge on any atom is 0.321 e. The van der Waals surface area contributed by atoms with Crippen molar-refractivity contribution in [3.63, 3.8) is 0 Å². The number of rotatable bonds is 5. The van der Waals surface area contributed by atoms with E-state index in [0.717, 1.165) is 39.0 Å². The number of hydrogen-bond donors (Lipinski definition) is 4. The number of carboxylic acids is 1. The molecule has 0 aliphatic carbocycles. The number of aromatic hydroxyl groups is 1. The molecule has 0 unspecified atom stereocenters. The maximum absolute atomic E-state index is 14.1. The number of H-pyrrole nitrogens is 2. The molecule has 176 valence electrons. The minimum atomic E-state index is -0.848. The van der Waals surface area contributed by atoms with Crippen LogP contribution in [0.4, 0.5) is 4.39 Å². The van der Waals surface area contributed by atoms with Gasteiger partial charge in [0.25, 0.3) is 0 Å². The Morgan fingerprint density at radius 3 is 2.79 bits per heavy atom. The van der Waals surface area contributed by atoms with E-state index in [2.05, 4.69) is 15.2 Å². The normalized spacial score (nSPS) is 16.3. The lowest BCUT2D eigenvalue weighted by Crippen LogP contribution is -2.48. The number of aliphatic carboxylic acids is 1. The first-order valence-corrected chi connectivity index (χ1v) is 11.3. The fraction of sp³-hybridized carbons (Fsp3) is 0.320. The zero-order valence-corrected chi connectivity index (χ0v) is 19.2. The Morgan fingerprint density at radius 2 is 2.09 bits per heavy atom. The van der Waals surface area contributed by atoms with Crippen LogP contribution in [0.25, 0.3) is 33.5 Å². The van der Waals surface area contributed by atoms with Crippen LogP contribution >= 0.6 is 0 Å². The molecule has 4 N–H and O–H groups in total. The second-order valence-corrected chi connectivity index (χ2v) is 8.98. The first-order chi connectivity index (χ1) is 16.3. The minimum Gasteiger partial charge on any atom is -0.505 e. The number of aryl methyl sites for hydroxylation is 1. The molecular formula is C25H26FN5O3. The summed E-state index contributed by atoms with van der Waals surface area (Å²) >= 11 is 0. The Labute approximate surface area is 195 Å². The topological polar surface area (TPSA) is 118 Å². The number of nitrogens with one attached hydrogen (secondary N) is 2. The van der Waals surface area contributed by atoms with E-state index in [9.17, 15) is 19.4 Å². The average molecular weight is 464 g/mol. The zero-order chi connectivity index (χ0) is 24.1. The number of phenolic OH excluding ortho intramolecular Hbond substituents is 1. The van der Waals surface area contributed by atoms with Gasteiger partial charge < -0.3 is 15.2 Å². The zero-order valence-electron chi connectivity index (χ0n) is 19.2. The summed E-state index contributed by atoms with van der Waals surface area (Å²) in [5.41, 5.74) is 5.45. The maximum atomic E-state index is 14.1. The van der Waals surface area contributed by atoms with Crippen molar-refractivity contribution in [2.24, 2.45) is 0 Å². The van der Waals surface area contributed by atoms with Gasteiger partial charge in [0.1, 0.15) is 11.7 Å². The van der Waals surface area contributed by atoms with Gasteiger partial charge in [-0.05, 0) is 61.2 Å². The van der Waals surface area contributed by atoms with Gasteiger partial charge in [-0.3, -0.25) is 14.8 Å². The first kappa shape index (κ1) is 22.1. The third-order valence-corrected chi connectivity index (χ3v) is 6.59. The van der Waals surface area contributed by atoms with Crippen molar-refractivity contribution in [2.75, 3.05) is 0 Å². The number of phenols is 1. The number of aromatic nitrogens is 4. The standard InChI is InChI=1S/C25H26FN5O3/c1-4-13-8-22(32)17(26)9-16(13)14-5-6-15-18(7-14)29-30-23(15)24-27-19-10-21(25(33)34)31(12(2)3)11-20(19)28-24/h5-9,12,21,32H,4,10-11H2,1-3H3,(H,27,28)(H,29,30)(H,33,34)/t21-/m0/s1. The van der Waals surface area contributed by atoms with E-state index in [1.54, 1.807) is 0 Å². The van der Waals surface area contributed by atoms with Crippen molar-refractivity contribution in [3.05, 3.63) is 53.1 Å². The van der Waals surface area contributed by atoms with Crippen LogP contribution in [0.3, 0.4) is 0 Å². The molecule has 2 aromatic carbocycles. The Balaban J connectivity index is 1.52. The molecule has 3 heterocycles. The van der Waals surface area contributed by atoms with Gasteiger partial charge in [0.15, 0.2) is 17.4 Å². The Kier molecular flexibility index (Phi) is 5.36. The molecule has 1 aliphatic heterocycles. The van der Waals surface area contributed by atoms with E-state index in [-0.39, 0.29) is 11.8 Å². The van der Waals surface area contributed by atoms with Crippen LogP contribution in [0, 0.1) is 5.82 Å². The third kappa shape index (κ3) is 3.62. The van der Waals surface area contributed by atoms with Gasteiger partial charge in [0.05, 0.1) is 16.9 Å². The summed E-state index contributed by atoms with van der Waals surface area (Å²) in [6, 6.07) is 8.01. The van der Waals surface area contributed by atoms with Gasteiger partial charge in [-0.25, -0.2) is 9.37 Å². The van der Waals surface area contributed by atoms with Crippen molar-refractivity contribution in [2.45, 2.75) is 52.2 Å². The molecule has 0 spiro atoms. The molecule has 0 bridgehead atoms. The highest BCUT2D eigenvalue weighted by Crippen LogP contribution is 2.34. The number of fused-ring (bicyclic) bond motifs is 2. The molecule has 5 rings (SSSR count). The van der Waals surface area contributed by atoms with E-state index < -0.39 is 17.8 Å². The number of aromatic amines is 2. The quantitative estimate of drug-likeness (QED) is 0.352. The molecule has 1 aliphatic rings. The lowest BCUT2D eigenvalue weighted by molar-refractivity contribution is -0.144. The van der Waals surface area contributed by atoms with Crippen LogP contribution in [0.15, 0.2) is 30.3 Å². The number of carbonyl (C=O) groups is 1. The molecule has 0 amide bonds. The van der Waals surface area contributed by atoms with Gasteiger partial charge in [0.2, 0.25) is 0 Å². The fourth-order valence-corrected chi connectivity index (χ4v) is 4.76. The number of imidazole rings is 1. The van der Waals surface area contributed by atoms with Crippen LogP contribution in [0.5, 0.6) is 5.75 Å². The summed E-state index contributed by atoms with van der Waals surface area (Å²) in [6.07, 6.45) is 0.982. The first-order valence-electron chi connectivity index (χ1n) is 11.3. The lowest BCUT2D eigenvalue weighted by Gasteiger charge is -2.35. The van der Waals surface area contributed by atoms with Crippen LogP contribution in [-0.2, 0) is 24.2 Å². The molecule has 9 heteroatoms. The summed E-state index contributed by atoms with van der Waals surface area (Å²) in [5, 5.41) is 27.8. The molecule has 0 fully saturated rings. The summed E-state index contributed by atoms with van der Waals surface area (Å²) in [6.45, 7) is 6.41. The fourth-order valence-electron chi connectivity index (χ4n) is 4.76. The number of halogens is 1. The van der Waals surface area contributed by atoms with E-state index >= 15 is 0 Å². The van der Waals surface area contributed by atoms with Crippen LogP contribution in [-0.4, -0.2) is 53.3 Å². The van der Waals surface area contributed by atoms with Crippen molar-refractivity contribution in [3.8, 4) is 28.4 Å². The number of nitrogens with zero attached hydrogens (tertiary/aromatic N) is 3.